The van der Waals surface area contributed by atoms with Gasteiger partial charge in [-0.1, -0.05) is 30.3 Å². The summed E-state index contributed by atoms with van der Waals surface area (Å²) >= 11 is 0. The normalized spacial score (nSPS) is 28.4. The quantitative estimate of drug-likeness (QED) is 0.836. The van der Waals surface area contributed by atoms with Crippen LogP contribution in [-0.2, 0) is 16.1 Å². The maximum Gasteiger partial charge on any atom is 0.309 e. The molecule has 98 valence electrons. The largest absolute Gasteiger partial charge is 0.481 e. The summed E-state index contributed by atoms with van der Waals surface area (Å²) in [6.45, 7) is 2.04. The van der Waals surface area contributed by atoms with E-state index >= 15 is 0 Å². The smallest absolute Gasteiger partial charge is 0.309 e. The van der Waals surface area contributed by atoms with Gasteiger partial charge in [0.25, 0.3) is 0 Å². The number of aliphatic carboxylic acids is 1. The molecule has 0 spiro atoms. The minimum Gasteiger partial charge on any atom is -0.481 e. The van der Waals surface area contributed by atoms with Crippen LogP contribution in [0.4, 0.5) is 0 Å². The lowest BCUT2D eigenvalue weighted by Gasteiger charge is -2.45. The van der Waals surface area contributed by atoms with E-state index in [1.54, 1.807) is 0 Å². The highest BCUT2D eigenvalue weighted by atomic mass is 16.5. The lowest BCUT2D eigenvalue weighted by Crippen LogP contribution is -2.54. The Balaban J connectivity index is 1.78. The van der Waals surface area contributed by atoms with Gasteiger partial charge in [0.2, 0.25) is 0 Å². The molecule has 1 aromatic carbocycles. The molecule has 18 heavy (non-hydrogen) atoms. The van der Waals surface area contributed by atoms with Gasteiger partial charge in [0.15, 0.2) is 0 Å². The van der Waals surface area contributed by atoms with Crippen LogP contribution in [0.2, 0.25) is 0 Å². The van der Waals surface area contributed by atoms with Crippen LogP contribution in [0, 0.1) is 5.92 Å². The molecule has 1 unspecified atom stereocenters. The van der Waals surface area contributed by atoms with Crippen LogP contribution < -0.4 is 0 Å². The van der Waals surface area contributed by atoms with E-state index in [9.17, 15) is 9.90 Å². The molecule has 0 heterocycles. The SMILES string of the molecule is CC(C(=O)O)C1(O)CC(OCc2ccccc2)C1. The standard InChI is InChI=1S/C14H18O4/c1-10(13(15)16)14(17)7-12(8-14)18-9-11-5-3-2-4-6-11/h2-6,10,12,17H,7-9H2,1H3,(H,15,16). The summed E-state index contributed by atoms with van der Waals surface area (Å²) in [6, 6.07) is 9.79. The first-order chi connectivity index (χ1) is 8.51. The number of carboxylic acids is 1. The van der Waals surface area contributed by atoms with Crippen LogP contribution in [0.3, 0.4) is 0 Å². The van der Waals surface area contributed by atoms with Crippen LogP contribution in [0.25, 0.3) is 0 Å². The summed E-state index contributed by atoms with van der Waals surface area (Å²) in [6.07, 6.45) is 0.748. The summed E-state index contributed by atoms with van der Waals surface area (Å²) in [5, 5.41) is 18.9. The summed E-state index contributed by atoms with van der Waals surface area (Å²) < 4.78 is 5.64. The number of aliphatic hydroxyl groups is 1. The molecule has 4 heteroatoms. The zero-order valence-corrected chi connectivity index (χ0v) is 10.4. The van der Waals surface area contributed by atoms with E-state index in [4.69, 9.17) is 9.84 Å². The summed E-state index contributed by atoms with van der Waals surface area (Å²) in [5.74, 6) is -1.70. The van der Waals surface area contributed by atoms with Gasteiger partial charge in [-0.25, -0.2) is 0 Å². The van der Waals surface area contributed by atoms with E-state index in [2.05, 4.69) is 0 Å². The van der Waals surface area contributed by atoms with Gasteiger partial charge in [0.1, 0.15) is 0 Å². The lowest BCUT2D eigenvalue weighted by atomic mass is 9.70. The van der Waals surface area contributed by atoms with Crippen molar-refractivity contribution >= 4 is 5.97 Å². The van der Waals surface area contributed by atoms with Crippen molar-refractivity contribution in [2.75, 3.05) is 0 Å². The van der Waals surface area contributed by atoms with E-state index in [0.29, 0.717) is 19.4 Å². The monoisotopic (exact) mass is 250 g/mol. The third-order valence-electron chi connectivity index (χ3n) is 3.67. The topological polar surface area (TPSA) is 66.8 Å². The average Bonchev–Trinajstić information content (AvgIpc) is 2.33. The zero-order chi connectivity index (χ0) is 13.2. The molecule has 2 N–H and O–H groups in total. The maximum atomic E-state index is 10.8. The fourth-order valence-electron chi connectivity index (χ4n) is 2.22. The number of rotatable bonds is 5. The van der Waals surface area contributed by atoms with E-state index < -0.39 is 17.5 Å². The highest BCUT2D eigenvalue weighted by Crippen LogP contribution is 2.40. The van der Waals surface area contributed by atoms with Crippen molar-refractivity contribution < 1.29 is 19.7 Å². The molecule has 0 radical (unpaired) electrons. The summed E-state index contributed by atoms with van der Waals surface area (Å²) in [7, 11) is 0. The van der Waals surface area contributed by atoms with Crippen molar-refractivity contribution in [1.82, 2.24) is 0 Å². The Hall–Kier alpha value is -1.39. The predicted molar refractivity (Wildman–Crippen MR) is 66.0 cm³/mol. The Bertz CT molecular complexity index is 409. The van der Waals surface area contributed by atoms with E-state index in [1.165, 1.54) is 6.92 Å². The fourth-order valence-corrected chi connectivity index (χ4v) is 2.22. The number of carbonyl (C=O) groups is 1. The van der Waals surface area contributed by atoms with Crippen molar-refractivity contribution in [2.24, 2.45) is 5.92 Å². The number of hydrogen-bond acceptors (Lipinski definition) is 3. The van der Waals surface area contributed by atoms with Gasteiger partial charge in [-0.15, -0.1) is 0 Å². The maximum absolute atomic E-state index is 10.8. The molecule has 1 fully saturated rings. The second-order valence-corrected chi connectivity index (χ2v) is 4.99. The summed E-state index contributed by atoms with van der Waals surface area (Å²) in [4.78, 5) is 10.8. The molecule has 0 amide bonds. The highest BCUT2D eigenvalue weighted by Gasteiger charge is 2.49. The molecule has 2 rings (SSSR count). The lowest BCUT2D eigenvalue weighted by molar-refractivity contribution is -0.185. The molecule has 1 aliphatic rings. The molecule has 0 bridgehead atoms. The predicted octanol–water partition coefficient (Wildman–Crippen LogP) is 1.82. The van der Waals surface area contributed by atoms with Crippen molar-refractivity contribution in [2.45, 2.75) is 38.1 Å². The van der Waals surface area contributed by atoms with Crippen LogP contribution in [0.5, 0.6) is 0 Å². The van der Waals surface area contributed by atoms with Gasteiger partial charge >= 0.3 is 5.97 Å². The Kier molecular flexibility index (Phi) is 3.68. The first-order valence-electron chi connectivity index (χ1n) is 6.12. The second kappa shape index (κ2) is 5.08. The molecule has 1 aliphatic carbocycles. The van der Waals surface area contributed by atoms with Gasteiger partial charge in [-0.3, -0.25) is 4.79 Å². The van der Waals surface area contributed by atoms with Crippen LogP contribution in [0.1, 0.15) is 25.3 Å². The van der Waals surface area contributed by atoms with Crippen LogP contribution >= 0.6 is 0 Å². The van der Waals surface area contributed by atoms with Crippen molar-refractivity contribution in [3.63, 3.8) is 0 Å². The van der Waals surface area contributed by atoms with Gasteiger partial charge in [0, 0.05) is 12.8 Å². The molecular weight excluding hydrogens is 232 g/mol. The Morgan fingerprint density at radius 3 is 2.61 bits per heavy atom. The average molecular weight is 250 g/mol. The first-order valence-corrected chi connectivity index (χ1v) is 6.12. The van der Waals surface area contributed by atoms with Gasteiger partial charge in [-0.05, 0) is 12.5 Å². The van der Waals surface area contributed by atoms with Gasteiger partial charge in [-0.2, -0.15) is 0 Å². The zero-order valence-electron chi connectivity index (χ0n) is 10.4. The Morgan fingerprint density at radius 1 is 1.44 bits per heavy atom. The molecular formula is C14H18O4. The summed E-state index contributed by atoms with van der Waals surface area (Å²) in [5.41, 5.74) is -0.0214. The minimum atomic E-state index is -1.10. The number of ether oxygens (including phenoxy) is 1. The van der Waals surface area contributed by atoms with Crippen molar-refractivity contribution in [3.05, 3.63) is 35.9 Å². The second-order valence-electron chi connectivity index (χ2n) is 4.99. The van der Waals surface area contributed by atoms with Crippen LogP contribution in [-0.4, -0.2) is 27.9 Å². The minimum absolute atomic E-state index is 0.0444. The van der Waals surface area contributed by atoms with E-state index in [-0.39, 0.29) is 6.10 Å². The third kappa shape index (κ3) is 2.71. The Labute approximate surface area is 106 Å². The third-order valence-corrected chi connectivity index (χ3v) is 3.67. The number of carboxylic acid groups (broad SMARTS) is 1. The number of benzene rings is 1. The molecule has 1 saturated carbocycles. The first kappa shape index (κ1) is 13.1. The van der Waals surface area contributed by atoms with E-state index in [0.717, 1.165) is 5.56 Å². The molecule has 1 aromatic rings. The fraction of sp³-hybridized carbons (Fsp3) is 0.500. The molecule has 0 aromatic heterocycles. The molecule has 4 nitrogen and oxygen atoms in total. The Morgan fingerprint density at radius 2 is 2.06 bits per heavy atom. The van der Waals surface area contributed by atoms with Crippen LogP contribution in [0.15, 0.2) is 30.3 Å². The highest BCUT2D eigenvalue weighted by molar-refractivity contribution is 5.71. The number of hydrogen-bond donors (Lipinski definition) is 2. The van der Waals surface area contributed by atoms with Gasteiger partial charge < -0.3 is 14.9 Å². The van der Waals surface area contributed by atoms with Gasteiger partial charge in [0.05, 0.1) is 24.2 Å². The molecule has 0 aliphatic heterocycles. The molecule has 0 saturated heterocycles. The van der Waals surface area contributed by atoms with Crippen molar-refractivity contribution in [1.29, 1.82) is 0 Å². The molecule has 1 atom stereocenters. The van der Waals surface area contributed by atoms with Crippen molar-refractivity contribution in [3.8, 4) is 0 Å². The van der Waals surface area contributed by atoms with E-state index in [1.807, 2.05) is 30.3 Å².